The fourth-order valence-corrected chi connectivity index (χ4v) is 3.34. The zero-order valence-electron chi connectivity index (χ0n) is 15.2. The second-order valence-electron chi connectivity index (χ2n) is 6.95. The van der Waals surface area contributed by atoms with Gasteiger partial charge in [0.25, 0.3) is 5.92 Å². The molecule has 1 amide bonds. The number of rotatable bonds is 5. The first-order chi connectivity index (χ1) is 11.9. The van der Waals surface area contributed by atoms with E-state index in [1.807, 2.05) is 12.1 Å². The van der Waals surface area contributed by atoms with E-state index >= 15 is 0 Å². The van der Waals surface area contributed by atoms with Crippen LogP contribution in [0.1, 0.15) is 24.5 Å². The molecule has 3 rings (SSSR count). The summed E-state index contributed by atoms with van der Waals surface area (Å²) in [6, 6.07) is 7.19. The molecular formula is C18H27Cl2F2N3O2. The van der Waals surface area contributed by atoms with Crippen molar-refractivity contribution in [1.29, 1.82) is 0 Å². The second kappa shape index (κ2) is 10.5. The summed E-state index contributed by atoms with van der Waals surface area (Å²) in [6.45, 7) is 5.38. The molecule has 1 aromatic carbocycles. The number of amides is 1. The minimum Gasteiger partial charge on any atom is -0.376 e. The van der Waals surface area contributed by atoms with E-state index < -0.39 is 24.9 Å². The Hall–Kier alpha value is -0.990. The predicted molar refractivity (Wildman–Crippen MR) is 105 cm³/mol. The normalized spacial score (nSPS) is 24.6. The summed E-state index contributed by atoms with van der Waals surface area (Å²) in [5.74, 6) is -3.17. The van der Waals surface area contributed by atoms with Gasteiger partial charge in [0.15, 0.2) is 0 Å². The fraction of sp³-hybridized carbons (Fsp3) is 0.611. The third kappa shape index (κ3) is 7.16. The maximum absolute atomic E-state index is 13.2. The number of hydrogen-bond donors (Lipinski definition) is 2. The maximum Gasteiger partial charge on any atom is 0.262 e. The zero-order chi connectivity index (χ0) is 17.9. The van der Waals surface area contributed by atoms with E-state index in [9.17, 15) is 13.6 Å². The van der Waals surface area contributed by atoms with Gasteiger partial charge in [-0.15, -0.1) is 24.8 Å². The second-order valence-corrected chi connectivity index (χ2v) is 6.95. The molecule has 0 aliphatic carbocycles. The van der Waals surface area contributed by atoms with Crippen molar-refractivity contribution >= 4 is 30.7 Å². The molecule has 2 saturated heterocycles. The van der Waals surface area contributed by atoms with Gasteiger partial charge in [-0.2, -0.15) is 0 Å². The van der Waals surface area contributed by atoms with E-state index in [0.29, 0.717) is 6.54 Å². The highest BCUT2D eigenvalue weighted by Crippen LogP contribution is 2.25. The Morgan fingerprint density at radius 3 is 2.78 bits per heavy atom. The minimum atomic E-state index is -2.79. The first-order valence-electron chi connectivity index (χ1n) is 8.72. The Balaban J connectivity index is 0.00000182. The maximum atomic E-state index is 13.2. The summed E-state index contributed by atoms with van der Waals surface area (Å²) in [5, 5.41) is 5.32. The van der Waals surface area contributed by atoms with Crippen LogP contribution in [0.5, 0.6) is 0 Å². The van der Waals surface area contributed by atoms with Gasteiger partial charge >= 0.3 is 0 Å². The summed E-state index contributed by atoms with van der Waals surface area (Å²) < 4.78 is 31.9. The molecule has 2 N–H and O–H groups in total. The van der Waals surface area contributed by atoms with Crippen molar-refractivity contribution in [1.82, 2.24) is 15.5 Å². The van der Waals surface area contributed by atoms with Gasteiger partial charge in [0.1, 0.15) is 0 Å². The van der Waals surface area contributed by atoms with Crippen molar-refractivity contribution in [3.63, 3.8) is 0 Å². The van der Waals surface area contributed by atoms with Gasteiger partial charge in [-0.3, -0.25) is 15.0 Å². The van der Waals surface area contributed by atoms with Crippen molar-refractivity contribution < 1.29 is 18.3 Å². The van der Waals surface area contributed by atoms with Crippen LogP contribution in [0.4, 0.5) is 8.78 Å². The summed E-state index contributed by atoms with van der Waals surface area (Å²) in [5.41, 5.74) is 2.14. The third-order valence-electron chi connectivity index (χ3n) is 4.62. The van der Waals surface area contributed by atoms with Crippen LogP contribution in [0.3, 0.4) is 0 Å². The van der Waals surface area contributed by atoms with Crippen LogP contribution < -0.4 is 10.6 Å². The van der Waals surface area contributed by atoms with E-state index in [2.05, 4.69) is 34.6 Å². The lowest BCUT2D eigenvalue weighted by Crippen LogP contribution is -2.40. The van der Waals surface area contributed by atoms with Crippen LogP contribution in [-0.4, -0.2) is 55.1 Å². The Morgan fingerprint density at radius 1 is 1.37 bits per heavy atom. The van der Waals surface area contributed by atoms with Crippen molar-refractivity contribution in [2.24, 2.45) is 0 Å². The molecule has 0 radical (unpaired) electrons. The molecule has 27 heavy (non-hydrogen) atoms. The van der Waals surface area contributed by atoms with Crippen LogP contribution >= 0.6 is 24.8 Å². The summed E-state index contributed by atoms with van der Waals surface area (Å²) in [4.78, 5) is 14.4. The number of nitrogens with one attached hydrogen (secondary N) is 2. The molecule has 2 unspecified atom stereocenters. The van der Waals surface area contributed by atoms with Crippen LogP contribution in [0.2, 0.25) is 0 Å². The quantitative estimate of drug-likeness (QED) is 0.760. The topological polar surface area (TPSA) is 53.6 Å². The van der Waals surface area contributed by atoms with Crippen molar-refractivity contribution in [3.8, 4) is 0 Å². The van der Waals surface area contributed by atoms with E-state index in [1.54, 1.807) is 0 Å². The molecular weight excluding hydrogens is 399 g/mol. The Morgan fingerprint density at radius 2 is 2.11 bits per heavy atom. The molecule has 0 bridgehead atoms. The molecule has 0 spiro atoms. The number of halogens is 4. The van der Waals surface area contributed by atoms with Crippen LogP contribution in [0, 0.1) is 0 Å². The van der Waals surface area contributed by atoms with E-state index in [0.717, 1.165) is 31.8 Å². The molecule has 2 aliphatic heterocycles. The lowest BCUT2D eigenvalue weighted by molar-refractivity contribution is -0.123. The van der Waals surface area contributed by atoms with Gasteiger partial charge < -0.3 is 10.1 Å². The molecule has 2 aliphatic rings. The number of benzene rings is 1. The smallest absolute Gasteiger partial charge is 0.262 e. The summed E-state index contributed by atoms with van der Waals surface area (Å²) in [6.07, 6.45) is -0.193. The molecule has 0 saturated carbocycles. The Labute approximate surface area is 171 Å². The predicted octanol–water partition coefficient (Wildman–Crippen LogP) is 2.36. The number of morpholine rings is 1. The molecule has 9 heteroatoms. The lowest BCUT2D eigenvalue weighted by atomic mass is 10.1. The largest absolute Gasteiger partial charge is 0.376 e. The monoisotopic (exact) mass is 425 g/mol. The minimum absolute atomic E-state index is 0. The van der Waals surface area contributed by atoms with Crippen LogP contribution in [-0.2, 0) is 22.6 Å². The number of hydrogen-bond acceptors (Lipinski definition) is 4. The van der Waals surface area contributed by atoms with Gasteiger partial charge in [0.2, 0.25) is 5.91 Å². The first-order valence-corrected chi connectivity index (χ1v) is 8.72. The molecule has 2 fully saturated rings. The highest BCUT2D eigenvalue weighted by atomic mass is 35.5. The Bertz CT molecular complexity index is 622. The van der Waals surface area contributed by atoms with Gasteiger partial charge in [0.05, 0.1) is 25.3 Å². The molecule has 0 aromatic heterocycles. The molecule has 5 nitrogen and oxygen atoms in total. The number of nitrogens with zero attached hydrogens (tertiary/aromatic N) is 1. The lowest BCUT2D eigenvalue weighted by Gasteiger charge is -2.31. The molecule has 2 heterocycles. The van der Waals surface area contributed by atoms with E-state index in [-0.39, 0.29) is 36.8 Å². The fourth-order valence-electron chi connectivity index (χ4n) is 3.34. The number of carbonyl (C=O) groups excluding carboxylic acids is 1. The summed E-state index contributed by atoms with van der Waals surface area (Å²) in [7, 11) is 0. The van der Waals surface area contributed by atoms with Crippen LogP contribution in [0.15, 0.2) is 24.3 Å². The van der Waals surface area contributed by atoms with Gasteiger partial charge in [-0.25, -0.2) is 8.78 Å². The molecule has 2 atom stereocenters. The van der Waals surface area contributed by atoms with E-state index in [4.69, 9.17) is 4.74 Å². The molecule has 154 valence electrons. The number of ether oxygens (including phenoxy) is 1. The third-order valence-corrected chi connectivity index (χ3v) is 4.62. The highest BCUT2D eigenvalue weighted by molar-refractivity contribution is 5.85. The van der Waals surface area contributed by atoms with Crippen molar-refractivity contribution in [2.75, 3.05) is 26.2 Å². The van der Waals surface area contributed by atoms with Gasteiger partial charge in [0, 0.05) is 32.6 Å². The Kier molecular flexibility index (Phi) is 9.38. The zero-order valence-corrected chi connectivity index (χ0v) is 16.9. The standard InChI is InChI=1S/C18H25F2N3O2.2ClH/c1-13-10-23(5-6-25-13)11-15-4-2-3-14(7-15)9-21-17(24)16-8-18(19,20)12-22-16;;/h2-4,7,13,16,22H,5-6,8-12H2,1H3,(H,21,24);2*1H. The van der Waals surface area contributed by atoms with Gasteiger partial charge in [-0.05, 0) is 18.1 Å². The highest BCUT2D eigenvalue weighted by Gasteiger charge is 2.42. The SMILES string of the molecule is CC1CN(Cc2cccc(CNC(=O)C3CC(F)(F)CN3)c2)CCO1.Cl.Cl. The molecule has 1 aromatic rings. The average Bonchev–Trinajstić information content (AvgIpc) is 2.93. The first kappa shape index (κ1) is 24.0. The van der Waals surface area contributed by atoms with Crippen LogP contribution in [0.25, 0.3) is 0 Å². The average molecular weight is 426 g/mol. The number of carbonyl (C=O) groups is 1. The van der Waals surface area contributed by atoms with Crippen molar-refractivity contribution in [3.05, 3.63) is 35.4 Å². The number of alkyl halides is 2. The van der Waals surface area contributed by atoms with E-state index in [1.165, 1.54) is 5.56 Å². The van der Waals surface area contributed by atoms with Gasteiger partial charge in [-0.1, -0.05) is 24.3 Å². The summed E-state index contributed by atoms with van der Waals surface area (Å²) >= 11 is 0. The van der Waals surface area contributed by atoms with Crippen molar-refractivity contribution in [2.45, 2.75) is 44.5 Å².